The van der Waals surface area contributed by atoms with Crippen molar-refractivity contribution in [3.63, 3.8) is 0 Å². The van der Waals surface area contributed by atoms with Gasteiger partial charge >= 0.3 is 5.69 Å². The number of aromatic nitrogens is 3. The van der Waals surface area contributed by atoms with Crippen LogP contribution in [0.1, 0.15) is 11.1 Å². The number of carbonyl (C=O) groups is 1. The van der Waals surface area contributed by atoms with Crippen molar-refractivity contribution in [2.75, 3.05) is 5.75 Å². The number of rotatable bonds is 8. The van der Waals surface area contributed by atoms with Crippen LogP contribution >= 0.6 is 11.8 Å². The van der Waals surface area contributed by atoms with Gasteiger partial charge in [-0.3, -0.25) is 14.6 Å². The van der Waals surface area contributed by atoms with Gasteiger partial charge in [0, 0.05) is 0 Å². The number of nitrogens with zero attached hydrogens (tertiary/aromatic N) is 2. The van der Waals surface area contributed by atoms with Crippen LogP contribution in [0.3, 0.4) is 0 Å². The fourth-order valence-electron chi connectivity index (χ4n) is 2.21. The van der Waals surface area contributed by atoms with Crippen LogP contribution in [0.2, 0.25) is 0 Å². The minimum absolute atomic E-state index is 0.0280. The van der Waals surface area contributed by atoms with Crippen LogP contribution in [0.15, 0.2) is 68.2 Å². The summed E-state index contributed by atoms with van der Waals surface area (Å²) in [6, 6.07) is 13.1. The lowest BCUT2D eigenvalue weighted by atomic mass is 10.2. The van der Waals surface area contributed by atoms with Gasteiger partial charge in [0.1, 0.15) is 18.2 Å². The third kappa shape index (κ3) is 6.41. The first-order valence-electron chi connectivity index (χ1n) is 8.60. The second-order valence-corrected chi connectivity index (χ2v) is 6.85. The number of thioether (sulfide) groups is 1. The third-order valence-corrected chi connectivity index (χ3v) is 4.56. The molecule has 0 aliphatic heterocycles. The molecule has 0 unspecified atom stereocenters. The Morgan fingerprint density at radius 2 is 2.03 bits per heavy atom. The number of nitrogens with one attached hydrogen (secondary N) is 3. The van der Waals surface area contributed by atoms with Gasteiger partial charge < -0.3 is 4.74 Å². The number of ether oxygens (including phenoxy) is 1. The molecule has 0 bridgehead atoms. The topological polar surface area (TPSA) is 129 Å². The summed E-state index contributed by atoms with van der Waals surface area (Å²) in [6.45, 7) is 0.284. The zero-order valence-electron chi connectivity index (χ0n) is 15.4. The first kappa shape index (κ1) is 21.0. The number of carbonyl (C=O) groups excluding carboxylic acids is 1. The van der Waals surface area contributed by atoms with Crippen LogP contribution in [-0.4, -0.2) is 33.1 Å². The first-order valence-corrected chi connectivity index (χ1v) is 9.59. The molecule has 154 valence electrons. The minimum atomic E-state index is -0.720. The van der Waals surface area contributed by atoms with Crippen molar-refractivity contribution in [1.29, 1.82) is 0 Å². The van der Waals surface area contributed by atoms with Gasteiger partial charge in [0.25, 0.3) is 5.56 Å². The maximum Gasteiger partial charge on any atom is 0.342 e. The third-order valence-electron chi connectivity index (χ3n) is 3.60. The molecule has 3 N–H and O–H groups in total. The van der Waals surface area contributed by atoms with Crippen LogP contribution in [0, 0.1) is 5.82 Å². The van der Waals surface area contributed by atoms with Crippen molar-refractivity contribution < 1.29 is 13.9 Å². The Bertz CT molecular complexity index is 1160. The quantitative estimate of drug-likeness (QED) is 0.282. The molecule has 0 aliphatic rings. The van der Waals surface area contributed by atoms with Crippen LogP contribution < -0.4 is 21.4 Å². The molecule has 11 heteroatoms. The summed E-state index contributed by atoms with van der Waals surface area (Å²) in [5.41, 5.74) is 2.47. The van der Waals surface area contributed by atoms with E-state index in [1.807, 2.05) is 4.98 Å². The molecule has 0 aliphatic carbocycles. The molecule has 0 atom stereocenters. The summed E-state index contributed by atoms with van der Waals surface area (Å²) in [4.78, 5) is 36.2. The Morgan fingerprint density at radius 3 is 2.80 bits per heavy atom. The second-order valence-electron chi connectivity index (χ2n) is 5.88. The van der Waals surface area contributed by atoms with Crippen molar-refractivity contribution in [3.05, 3.63) is 86.3 Å². The van der Waals surface area contributed by atoms with Crippen LogP contribution in [0.25, 0.3) is 0 Å². The van der Waals surface area contributed by atoms with Crippen LogP contribution in [0.4, 0.5) is 4.39 Å². The molecule has 3 aromatic rings. The molecular formula is C19H16FN5O4S. The minimum Gasteiger partial charge on any atom is -0.489 e. The van der Waals surface area contributed by atoms with Gasteiger partial charge in [-0.1, -0.05) is 36.0 Å². The maximum absolute atomic E-state index is 12.9. The highest BCUT2D eigenvalue weighted by atomic mass is 32.2. The predicted octanol–water partition coefficient (Wildman–Crippen LogP) is 1.42. The van der Waals surface area contributed by atoms with E-state index in [9.17, 15) is 18.8 Å². The number of aromatic amines is 2. The predicted molar refractivity (Wildman–Crippen MR) is 109 cm³/mol. The van der Waals surface area contributed by atoms with Gasteiger partial charge in [-0.25, -0.2) is 19.7 Å². The molecule has 0 saturated heterocycles. The maximum atomic E-state index is 12.9. The van der Waals surface area contributed by atoms with Gasteiger partial charge in [0.2, 0.25) is 5.91 Å². The van der Waals surface area contributed by atoms with Crippen molar-refractivity contribution in [1.82, 2.24) is 20.6 Å². The molecule has 0 saturated carbocycles. The molecule has 9 nitrogen and oxygen atoms in total. The van der Waals surface area contributed by atoms with Crippen LogP contribution in [-0.2, 0) is 11.4 Å². The summed E-state index contributed by atoms with van der Waals surface area (Å²) in [5, 5.41) is 9.48. The molecule has 3 rings (SSSR count). The molecule has 2 aromatic carbocycles. The van der Waals surface area contributed by atoms with E-state index >= 15 is 0 Å². The summed E-state index contributed by atoms with van der Waals surface area (Å²) in [5.74, 6) is -0.277. The molecule has 30 heavy (non-hydrogen) atoms. The number of hydrazone groups is 1. The van der Waals surface area contributed by atoms with Gasteiger partial charge in [-0.05, 0) is 35.4 Å². The first-order chi connectivity index (χ1) is 14.5. The molecular weight excluding hydrogens is 413 g/mol. The van der Waals surface area contributed by atoms with E-state index in [1.165, 1.54) is 18.3 Å². The van der Waals surface area contributed by atoms with E-state index in [0.29, 0.717) is 11.3 Å². The molecule has 0 radical (unpaired) electrons. The van der Waals surface area contributed by atoms with E-state index in [2.05, 4.69) is 20.7 Å². The Labute approximate surface area is 173 Å². The van der Waals surface area contributed by atoms with E-state index in [1.54, 1.807) is 36.4 Å². The number of benzene rings is 2. The zero-order chi connectivity index (χ0) is 21.3. The number of hydrogen-bond acceptors (Lipinski definition) is 7. The molecule has 1 heterocycles. The smallest absolute Gasteiger partial charge is 0.342 e. The Hall–Kier alpha value is -3.73. The lowest BCUT2D eigenvalue weighted by molar-refractivity contribution is -0.118. The molecule has 0 spiro atoms. The number of halogens is 1. The van der Waals surface area contributed by atoms with Gasteiger partial charge in [0.15, 0.2) is 5.03 Å². The highest BCUT2D eigenvalue weighted by Gasteiger charge is 2.07. The lowest BCUT2D eigenvalue weighted by Crippen LogP contribution is -2.26. The Balaban J connectivity index is 1.48. The number of H-pyrrole nitrogens is 2. The van der Waals surface area contributed by atoms with E-state index < -0.39 is 17.2 Å². The van der Waals surface area contributed by atoms with Gasteiger partial charge in [-0.15, -0.1) is 0 Å². The van der Waals surface area contributed by atoms with Gasteiger partial charge in [-0.2, -0.15) is 10.2 Å². The Morgan fingerprint density at radius 1 is 1.23 bits per heavy atom. The standard InChI is InChI=1S/C19H16FN5O4S/c20-14-6-4-12(5-7-14)10-29-15-3-1-2-13(8-15)9-21-23-16(26)11-30-18-17(27)22-19(28)25-24-18/h1-9H,10-11H2,(H,23,26)(H2,22,25,27,28)/b21-9+. The van der Waals surface area contributed by atoms with Gasteiger partial charge in [0.05, 0.1) is 12.0 Å². The SMILES string of the molecule is O=C(CSc1n[nH]c(=O)[nH]c1=O)N/N=C/c1cccc(OCc2ccc(F)cc2)c1. The van der Waals surface area contributed by atoms with Crippen molar-refractivity contribution >= 4 is 23.9 Å². The van der Waals surface area contributed by atoms with E-state index in [-0.39, 0.29) is 23.2 Å². The summed E-state index contributed by atoms with van der Waals surface area (Å²) in [7, 11) is 0. The average molecular weight is 429 g/mol. The Kier molecular flexibility index (Phi) is 7.11. The van der Waals surface area contributed by atoms with E-state index in [0.717, 1.165) is 17.3 Å². The van der Waals surface area contributed by atoms with Crippen molar-refractivity contribution in [2.24, 2.45) is 5.10 Å². The van der Waals surface area contributed by atoms with Crippen molar-refractivity contribution in [3.8, 4) is 5.75 Å². The highest BCUT2D eigenvalue weighted by molar-refractivity contribution is 7.99. The second kappa shape index (κ2) is 10.2. The van der Waals surface area contributed by atoms with Crippen LogP contribution in [0.5, 0.6) is 5.75 Å². The zero-order valence-corrected chi connectivity index (χ0v) is 16.2. The molecule has 1 aromatic heterocycles. The fraction of sp³-hybridized carbons (Fsp3) is 0.105. The average Bonchev–Trinajstić information content (AvgIpc) is 2.73. The normalized spacial score (nSPS) is 10.8. The lowest BCUT2D eigenvalue weighted by Gasteiger charge is -2.07. The number of hydrogen-bond donors (Lipinski definition) is 3. The molecule has 1 amide bonds. The largest absolute Gasteiger partial charge is 0.489 e. The summed E-state index contributed by atoms with van der Waals surface area (Å²) in [6.07, 6.45) is 1.44. The monoisotopic (exact) mass is 429 g/mol. The summed E-state index contributed by atoms with van der Waals surface area (Å²) >= 11 is 0.864. The van der Waals surface area contributed by atoms with Crippen molar-refractivity contribution in [2.45, 2.75) is 11.6 Å². The number of amides is 1. The van der Waals surface area contributed by atoms with E-state index in [4.69, 9.17) is 4.74 Å². The fourth-order valence-corrected chi connectivity index (χ4v) is 2.84. The summed E-state index contributed by atoms with van der Waals surface area (Å²) < 4.78 is 18.6. The highest BCUT2D eigenvalue weighted by Crippen LogP contribution is 2.14. The molecule has 0 fully saturated rings.